The van der Waals surface area contributed by atoms with Crippen LogP contribution in [-0.2, 0) is 9.53 Å². The third-order valence-electron chi connectivity index (χ3n) is 1.13. The quantitative estimate of drug-likeness (QED) is 0.196. The summed E-state index contributed by atoms with van der Waals surface area (Å²) in [7, 11) is 1.27. The van der Waals surface area contributed by atoms with Crippen molar-refractivity contribution in [2.24, 2.45) is 4.99 Å². The average molecular weight is 348 g/mol. The van der Waals surface area contributed by atoms with Gasteiger partial charge in [-0.3, -0.25) is 0 Å². The Bertz CT molecular complexity index is 319. The lowest BCUT2D eigenvalue weighted by atomic mass is 10.3. The summed E-state index contributed by atoms with van der Waals surface area (Å²) in [5, 5.41) is 0.398. The summed E-state index contributed by atoms with van der Waals surface area (Å²) >= 11 is 13.1. The van der Waals surface area contributed by atoms with Crippen LogP contribution < -0.4 is 0 Å². The van der Waals surface area contributed by atoms with Gasteiger partial charge in [-0.1, -0.05) is 29.8 Å². The lowest BCUT2D eigenvalue weighted by molar-refractivity contribution is -0.135. The number of methoxy groups -OCH3 is 1. The number of esters is 1. The minimum atomic E-state index is -0.546. The molecule has 0 aromatic carbocycles. The highest BCUT2D eigenvalue weighted by Gasteiger charge is 2.13. The Hall–Kier alpha value is -0.0700. The molecular weight excluding hydrogens is 340 g/mol. The second-order valence-electron chi connectivity index (χ2n) is 2.18. The molecule has 0 fully saturated rings. The number of hydrogen-bond acceptors (Lipinski definition) is 3. The van der Waals surface area contributed by atoms with E-state index in [0.29, 0.717) is 3.58 Å². The smallest absolute Gasteiger partial charge is 0.338 e. The van der Waals surface area contributed by atoms with Gasteiger partial charge in [-0.05, 0) is 29.5 Å². The van der Waals surface area contributed by atoms with E-state index in [1.807, 2.05) is 22.6 Å². The van der Waals surface area contributed by atoms with Crippen molar-refractivity contribution in [2.75, 3.05) is 7.11 Å². The van der Waals surface area contributed by atoms with Crippen LogP contribution in [0.15, 0.2) is 25.9 Å². The molecule has 0 aromatic rings. The first-order chi connectivity index (χ1) is 6.40. The number of hydrogen-bond donors (Lipinski definition) is 0. The minimum Gasteiger partial charge on any atom is -0.465 e. The van der Waals surface area contributed by atoms with Gasteiger partial charge in [0.1, 0.15) is 10.3 Å². The molecule has 14 heavy (non-hydrogen) atoms. The Morgan fingerprint density at radius 2 is 2.00 bits per heavy atom. The van der Waals surface area contributed by atoms with Crippen molar-refractivity contribution in [1.82, 2.24) is 0 Å². The maximum atomic E-state index is 11.0. The zero-order valence-electron chi connectivity index (χ0n) is 7.60. The van der Waals surface area contributed by atoms with Crippen molar-refractivity contribution in [1.29, 1.82) is 0 Å². The fourth-order valence-electron chi connectivity index (χ4n) is 0.522. The Morgan fingerprint density at radius 1 is 1.50 bits per heavy atom. The summed E-state index contributed by atoms with van der Waals surface area (Å²) in [5.74, 6) is -0.546. The Morgan fingerprint density at radius 3 is 2.36 bits per heavy atom. The molecule has 0 aliphatic carbocycles. The molecule has 0 rings (SSSR count). The van der Waals surface area contributed by atoms with Crippen LogP contribution in [-0.4, -0.2) is 18.2 Å². The van der Waals surface area contributed by atoms with E-state index in [1.165, 1.54) is 7.11 Å². The van der Waals surface area contributed by atoms with Crippen molar-refractivity contribution in [3.8, 4) is 0 Å². The Labute approximate surface area is 106 Å². The van der Waals surface area contributed by atoms with Gasteiger partial charge in [0.2, 0.25) is 0 Å². The standard InChI is InChI=1S/C8H8Cl2INO2/c1-4(8(13)14-3)6(11)7(10)12-5(2)9/h1H2,2-3H3/b7-6+,12-5?. The first kappa shape index (κ1) is 13.9. The SMILES string of the molecule is C=C(C(=O)OC)/C(I)=C(/Cl)N=C(C)Cl. The van der Waals surface area contributed by atoms with Crippen LogP contribution >= 0.6 is 45.8 Å². The van der Waals surface area contributed by atoms with Gasteiger partial charge in [0, 0.05) is 0 Å². The van der Waals surface area contributed by atoms with Crippen LogP contribution in [0.1, 0.15) is 6.92 Å². The summed E-state index contributed by atoms with van der Waals surface area (Å²) in [4.78, 5) is 14.8. The van der Waals surface area contributed by atoms with Crippen LogP contribution in [0.5, 0.6) is 0 Å². The van der Waals surface area contributed by atoms with Crippen LogP contribution in [0.25, 0.3) is 0 Å². The largest absolute Gasteiger partial charge is 0.465 e. The van der Waals surface area contributed by atoms with Crippen LogP contribution in [0, 0.1) is 0 Å². The minimum absolute atomic E-state index is 0.119. The average Bonchev–Trinajstić information content (AvgIpc) is 2.13. The number of halogens is 3. The molecule has 0 saturated heterocycles. The van der Waals surface area contributed by atoms with Crippen molar-refractivity contribution in [3.63, 3.8) is 0 Å². The van der Waals surface area contributed by atoms with E-state index >= 15 is 0 Å². The van der Waals surface area contributed by atoms with Gasteiger partial charge in [0.05, 0.1) is 16.3 Å². The molecular formula is C8H8Cl2INO2. The van der Waals surface area contributed by atoms with E-state index in [0.717, 1.165) is 0 Å². The highest BCUT2D eigenvalue weighted by Crippen LogP contribution is 2.25. The zero-order valence-corrected chi connectivity index (χ0v) is 11.3. The maximum absolute atomic E-state index is 11.0. The van der Waals surface area contributed by atoms with Crippen molar-refractivity contribution in [2.45, 2.75) is 6.92 Å². The topological polar surface area (TPSA) is 38.7 Å². The first-order valence-corrected chi connectivity index (χ1v) is 5.27. The van der Waals surface area contributed by atoms with E-state index in [2.05, 4.69) is 16.3 Å². The summed E-state index contributed by atoms with van der Waals surface area (Å²) in [6.45, 7) is 5.10. The fourth-order valence-corrected chi connectivity index (χ4v) is 1.23. The molecule has 0 aromatic heterocycles. The predicted molar refractivity (Wildman–Crippen MR) is 67.0 cm³/mol. The molecule has 0 amide bonds. The van der Waals surface area contributed by atoms with Gasteiger partial charge in [0.25, 0.3) is 0 Å². The number of carbonyl (C=O) groups excluding carboxylic acids is 1. The maximum Gasteiger partial charge on any atom is 0.338 e. The molecule has 0 aliphatic heterocycles. The van der Waals surface area contributed by atoms with E-state index < -0.39 is 5.97 Å². The highest BCUT2D eigenvalue weighted by molar-refractivity contribution is 14.1. The third kappa shape index (κ3) is 4.43. The van der Waals surface area contributed by atoms with Crippen LogP contribution in [0.2, 0.25) is 0 Å². The molecule has 0 saturated carbocycles. The molecule has 0 aliphatic rings. The Kier molecular flexibility index (Phi) is 6.39. The molecule has 0 unspecified atom stereocenters. The molecule has 3 nitrogen and oxygen atoms in total. The number of carbonyl (C=O) groups is 1. The molecule has 6 heteroatoms. The van der Waals surface area contributed by atoms with E-state index in [-0.39, 0.29) is 15.9 Å². The fraction of sp³-hybridized carbons (Fsp3) is 0.250. The zero-order chi connectivity index (χ0) is 11.3. The Balaban J connectivity index is 4.92. The first-order valence-electron chi connectivity index (χ1n) is 3.43. The molecule has 0 heterocycles. The number of rotatable bonds is 3. The molecule has 0 N–H and O–H groups in total. The lowest BCUT2D eigenvalue weighted by Crippen LogP contribution is -2.03. The molecule has 78 valence electrons. The van der Waals surface area contributed by atoms with Gasteiger partial charge < -0.3 is 4.74 Å². The second kappa shape index (κ2) is 6.42. The normalized spacial score (nSPS) is 13.4. The van der Waals surface area contributed by atoms with Gasteiger partial charge >= 0.3 is 5.97 Å². The number of aliphatic imine (C=N–C) groups is 1. The van der Waals surface area contributed by atoms with E-state index in [9.17, 15) is 4.79 Å². The molecule has 0 spiro atoms. The number of ether oxygens (including phenoxy) is 1. The summed E-state index contributed by atoms with van der Waals surface area (Å²) < 4.78 is 4.88. The third-order valence-corrected chi connectivity index (χ3v) is 2.97. The summed E-state index contributed by atoms with van der Waals surface area (Å²) in [6, 6.07) is 0. The van der Waals surface area contributed by atoms with E-state index in [1.54, 1.807) is 6.92 Å². The van der Waals surface area contributed by atoms with Crippen molar-refractivity contribution >= 4 is 56.9 Å². The second-order valence-corrected chi connectivity index (χ2v) is 4.17. The summed E-state index contributed by atoms with van der Waals surface area (Å²) in [6.07, 6.45) is 0. The van der Waals surface area contributed by atoms with Crippen molar-refractivity contribution < 1.29 is 9.53 Å². The summed E-state index contributed by atoms with van der Waals surface area (Å²) in [5.41, 5.74) is 0.153. The van der Waals surface area contributed by atoms with Crippen LogP contribution in [0.4, 0.5) is 0 Å². The number of nitrogens with zero attached hydrogens (tertiary/aromatic N) is 1. The van der Waals surface area contributed by atoms with Crippen molar-refractivity contribution in [3.05, 3.63) is 20.9 Å². The highest BCUT2D eigenvalue weighted by atomic mass is 127. The molecule has 0 bridgehead atoms. The predicted octanol–water partition coefficient (Wildman–Crippen LogP) is 3.22. The molecule has 0 atom stereocenters. The van der Waals surface area contributed by atoms with Crippen LogP contribution in [0.3, 0.4) is 0 Å². The monoisotopic (exact) mass is 347 g/mol. The molecule has 0 radical (unpaired) electrons. The van der Waals surface area contributed by atoms with Gasteiger partial charge in [-0.25, -0.2) is 9.79 Å². The lowest BCUT2D eigenvalue weighted by Gasteiger charge is -2.02. The van der Waals surface area contributed by atoms with Gasteiger partial charge in [-0.2, -0.15) is 0 Å². The van der Waals surface area contributed by atoms with E-state index in [4.69, 9.17) is 23.2 Å². The van der Waals surface area contributed by atoms with Gasteiger partial charge in [0.15, 0.2) is 0 Å². The van der Waals surface area contributed by atoms with Gasteiger partial charge in [-0.15, -0.1) is 0 Å².